The molecule has 0 rings (SSSR count). The Morgan fingerprint density at radius 1 is 1.21 bits per heavy atom. The zero-order chi connectivity index (χ0) is 11.0. The molecule has 0 aromatic rings. The molecule has 0 N–H and O–H groups in total. The molecule has 0 bridgehead atoms. The molecule has 0 saturated heterocycles. The molecule has 0 amide bonds. The van der Waals surface area contributed by atoms with E-state index >= 15 is 0 Å². The molecular formula is C14H24. The number of hydrogen-bond acceptors (Lipinski definition) is 0. The lowest BCUT2D eigenvalue weighted by atomic mass is 9.94. The van der Waals surface area contributed by atoms with E-state index in [-0.39, 0.29) is 0 Å². The van der Waals surface area contributed by atoms with Gasteiger partial charge in [-0.05, 0) is 18.3 Å². The van der Waals surface area contributed by atoms with E-state index in [9.17, 15) is 0 Å². The summed E-state index contributed by atoms with van der Waals surface area (Å²) in [7, 11) is 0. The summed E-state index contributed by atoms with van der Waals surface area (Å²) >= 11 is 0. The van der Waals surface area contributed by atoms with Gasteiger partial charge in [-0.25, -0.2) is 0 Å². The first-order chi connectivity index (χ1) is 6.57. The minimum absolute atomic E-state index is 0.602. The van der Waals surface area contributed by atoms with E-state index in [1.54, 1.807) is 6.08 Å². The zero-order valence-corrected chi connectivity index (χ0v) is 9.92. The van der Waals surface area contributed by atoms with Crippen molar-refractivity contribution in [3.63, 3.8) is 0 Å². The van der Waals surface area contributed by atoms with E-state index < -0.39 is 0 Å². The summed E-state index contributed by atoms with van der Waals surface area (Å²) in [6.07, 6.45) is 9.70. The van der Waals surface area contributed by atoms with Crippen LogP contribution in [0.5, 0.6) is 0 Å². The second kappa shape index (κ2) is 7.61. The van der Waals surface area contributed by atoms with Crippen LogP contribution in [0.15, 0.2) is 37.0 Å². The van der Waals surface area contributed by atoms with Gasteiger partial charge in [-0.1, -0.05) is 70.6 Å². The Kier molecular flexibility index (Phi) is 7.18. The second-order valence-corrected chi connectivity index (χ2v) is 4.40. The maximum Gasteiger partial charge on any atom is -0.0196 e. The standard InChI is InChI=1S/C14H24/c1-6-7-10-13(4)14(5)11-8-9-12(2)3/h6-7,10,12,14H,1,4,8-9,11H2,2-3,5H3/b10-7-. The predicted octanol–water partition coefficient (Wildman–Crippen LogP) is 4.75. The van der Waals surface area contributed by atoms with Gasteiger partial charge in [0.05, 0.1) is 0 Å². The zero-order valence-electron chi connectivity index (χ0n) is 9.92. The average molecular weight is 192 g/mol. The third-order valence-corrected chi connectivity index (χ3v) is 2.50. The van der Waals surface area contributed by atoms with Crippen molar-refractivity contribution < 1.29 is 0 Å². The van der Waals surface area contributed by atoms with Gasteiger partial charge in [0.25, 0.3) is 0 Å². The van der Waals surface area contributed by atoms with E-state index in [1.165, 1.54) is 24.8 Å². The lowest BCUT2D eigenvalue weighted by Gasteiger charge is -2.12. The van der Waals surface area contributed by atoms with E-state index in [0.29, 0.717) is 5.92 Å². The average Bonchev–Trinajstić information content (AvgIpc) is 2.13. The maximum absolute atomic E-state index is 4.06. The van der Waals surface area contributed by atoms with Gasteiger partial charge < -0.3 is 0 Å². The van der Waals surface area contributed by atoms with Gasteiger partial charge in [-0.15, -0.1) is 0 Å². The highest BCUT2D eigenvalue weighted by Gasteiger charge is 2.04. The highest BCUT2D eigenvalue weighted by atomic mass is 14.1. The molecule has 0 fully saturated rings. The lowest BCUT2D eigenvalue weighted by Crippen LogP contribution is -1.97. The molecule has 80 valence electrons. The van der Waals surface area contributed by atoms with Crippen molar-refractivity contribution in [2.45, 2.75) is 40.0 Å². The van der Waals surface area contributed by atoms with Gasteiger partial charge in [0.15, 0.2) is 0 Å². The Bertz CT molecular complexity index is 196. The van der Waals surface area contributed by atoms with E-state index in [0.717, 1.165) is 5.92 Å². The number of hydrogen-bond donors (Lipinski definition) is 0. The summed E-state index contributed by atoms with van der Waals surface area (Å²) in [5.74, 6) is 1.42. The molecule has 1 atom stereocenters. The van der Waals surface area contributed by atoms with Crippen molar-refractivity contribution in [2.75, 3.05) is 0 Å². The molecule has 1 unspecified atom stereocenters. The molecule has 0 aromatic carbocycles. The Morgan fingerprint density at radius 3 is 2.36 bits per heavy atom. The molecule has 0 heteroatoms. The van der Waals surface area contributed by atoms with Crippen molar-refractivity contribution >= 4 is 0 Å². The molecule has 0 aromatic heterocycles. The first kappa shape index (κ1) is 13.2. The molecule has 0 radical (unpaired) electrons. The summed E-state index contributed by atoms with van der Waals surface area (Å²) in [5, 5.41) is 0. The highest BCUT2D eigenvalue weighted by Crippen LogP contribution is 2.18. The van der Waals surface area contributed by atoms with Crippen molar-refractivity contribution in [3.05, 3.63) is 37.0 Å². The molecule has 0 aliphatic heterocycles. The molecular weight excluding hydrogens is 168 g/mol. The van der Waals surface area contributed by atoms with Crippen LogP contribution in [-0.4, -0.2) is 0 Å². The van der Waals surface area contributed by atoms with Gasteiger partial charge >= 0.3 is 0 Å². The third-order valence-electron chi connectivity index (χ3n) is 2.50. The minimum atomic E-state index is 0.602. The lowest BCUT2D eigenvalue weighted by molar-refractivity contribution is 0.495. The summed E-state index contributed by atoms with van der Waals surface area (Å²) in [5.41, 5.74) is 1.22. The van der Waals surface area contributed by atoms with Crippen molar-refractivity contribution in [1.82, 2.24) is 0 Å². The van der Waals surface area contributed by atoms with Crippen molar-refractivity contribution in [2.24, 2.45) is 11.8 Å². The van der Waals surface area contributed by atoms with Crippen LogP contribution in [0.1, 0.15) is 40.0 Å². The number of allylic oxidation sites excluding steroid dienone is 4. The molecule has 0 nitrogen and oxygen atoms in total. The largest absolute Gasteiger partial charge is 0.0991 e. The van der Waals surface area contributed by atoms with Crippen LogP contribution < -0.4 is 0 Å². The Hall–Kier alpha value is -0.780. The second-order valence-electron chi connectivity index (χ2n) is 4.40. The molecule has 0 saturated carbocycles. The van der Waals surface area contributed by atoms with Crippen molar-refractivity contribution in [3.8, 4) is 0 Å². The van der Waals surface area contributed by atoms with Gasteiger partial charge in [0.1, 0.15) is 0 Å². The molecule has 0 aliphatic carbocycles. The first-order valence-corrected chi connectivity index (χ1v) is 5.55. The van der Waals surface area contributed by atoms with Gasteiger partial charge in [-0.2, -0.15) is 0 Å². The first-order valence-electron chi connectivity index (χ1n) is 5.55. The molecule has 0 heterocycles. The fourth-order valence-electron chi connectivity index (χ4n) is 1.37. The molecule has 14 heavy (non-hydrogen) atoms. The Morgan fingerprint density at radius 2 is 1.86 bits per heavy atom. The van der Waals surface area contributed by atoms with Crippen LogP contribution >= 0.6 is 0 Å². The van der Waals surface area contributed by atoms with E-state index in [2.05, 4.69) is 40.0 Å². The van der Waals surface area contributed by atoms with Crippen molar-refractivity contribution in [1.29, 1.82) is 0 Å². The SMILES string of the molecule is C=C/C=C\C(=C)C(C)CCCC(C)C. The third kappa shape index (κ3) is 6.71. The van der Waals surface area contributed by atoms with Crippen LogP contribution in [-0.2, 0) is 0 Å². The Balaban J connectivity index is 3.72. The molecule has 0 spiro atoms. The van der Waals surface area contributed by atoms with Crippen LogP contribution in [0.3, 0.4) is 0 Å². The maximum atomic E-state index is 4.06. The summed E-state index contributed by atoms with van der Waals surface area (Å²) in [6, 6.07) is 0. The fourth-order valence-corrected chi connectivity index (χ4v) is 1.37. The van der Waals surface area contributed by atoms with Crippen LogP contribution in [0.25, 0.3) is 0 Å². The fraction of sp³-hybridized carbons (Fsp3) is 0.571. The van der Waals surface area contributed by atoms with E-state index in [1.807, 2.05) is 6.08 Å². The number of rotatable bonds is 7. The monoisotopic (exact) mass is 192 g/mol. The predicted molar refractivity (Wildman–Crippen MR) is 66.3 cm³/mol. The summed E-state index contributed by atoms with van der Waals surface area (Å²) in [6.45, 7) is 14.5. The Labute approximate surface area is 89.4 Å². The quantitative estimate of drug-likeness (QED) is 0.511. The molecule has 0 aliphatic rings. The van der Waals surface area contributed by atoms with Crippen LogP contribution in [0, 0.1) is 11.8 Å². The summed E-state index contributed by atoms with van der Waals surface area (Å²) < 4.78 is 0. The topological polar surface area (TPSA) is 0 Å². The summed E-state index contributed by atoms with van der Waals surface area (Å²) in [4.78, 5) is 0. The highest BCUT2D eigenvalue weighted by molar-refractivity contribution is 5.20. The van der Waals surface area contributed by atoms with E-state index in [4.69, 9.17) is 0 Å². The van der Waals surface area contributed by atoms with Crippen LogP contribution in [0.2, 0.25) is 0 Å². The van der Waals surface area contributed by atoms with Gasteiger partial charge in [0.2, 0.25) is 0 Å². The van der Waals surface area contributed by atoms with Crippen LogP contribution in [0.4, 0.5) is 0 Å². The van der Waals surface area contributed by atoms with Gasteiger partial charge in [-0.3, -0.25) is 0 Å². The minimum Gasteiger partial charge on any atom is -0.0991 e. The normalized spacial score (nSPS) is 13.4. The van der Waals surface area contributed by atoms with Gasteiger partial charge in [0, 0.05) is 0 Å². The smallest absolute Gasteiger partial charge is 0.0196 e.